The van der Waals surface area contributed by atoms with Crippen LogP contribution in [0.3, 0.4) is 0 Å². The molecule has 4 N–H and O–H groups in total. The minimum atomic E-state index is -4.66. The normalized spacial score (nSPS) is 19.8. The summed E-state index contributed by atoms with van der Waals surface area (Å²) in [5.74, 6) is -3.03. The molecule has 3 aliphatic rings. The predicted molar refractivity (Wildman–Crippen MR) is 278 cm³/mol. The van der Waals surface area contributed by atoms with E-state index < -0.39 is 80.6 Å². The van der Waals surface area contributed by atoms with Gasteiger partial charge in [0.2, 0.25) is 5.69 Å². The van der Waals surface area contributed by atoms with Gasteiger partial charge in [-0.15, -0.1) is 5.06 Å². The first-order chi connectivity index (χ1) is 36.2. The van der Waals surface area contributed by atoms with Crippen LogP contribution in [0.25, 0.3) is 0 Å². The summed E-state index contributed by atoms with van der Waals surface area (Å²) in [6.45, 7) is 5.79. The smallest absolute Gasteiger partial charge is 0.335 e. The van der Waals surface area contributed by atoms with Gasteiger partial charge in [-0.2, -0.15) is 38.2 Å². The fourth-order valence-electron chi connectivity index (χ4n) is 9.16. The summed E-state index contributed by atoms with van der Waals surface area (Å²) in [4.78, 5) is 41.0. The van der Waals surface area contributed by atoms with Crippen LogP contribution in [0, 0.1) is 0 Å². The van der Waals surface area contributed by atoms with Crippen LogP contribution < -0.4 is 4.90 Å². The number of ether oxygens (including phenoxy) is 5. The zero-order valence-corrected chi connectivity index (χ0v) is 46.1. The standard InChI is InChI=1S/C49H65N3O21S4/c1-48(20-9-33-74(56,57)58)39-35-37(76(62,63)64)13-15-41(39)50(22-25-68-3)43(48)11-7-5-4-6-8-12-44-49(2,21-10-34-75(59,60)61)40-36-38(77(65,66)67)14-16-42(40)51(44)23-26-70-28-30-72-32-31-71-29-27-69-24-19-47(55)73-52-45(53)17-18-46(52)54/h4-8,11-16,35-36H,9-10,17-34H2,1-3H3,(H3-,56,57,58,59,60,61,62,63,64,65,66,67)/p+1. The van der Waals surface area contributed by atoms with Crippen LogP contribution in [-0.4, -0.2) is 176 Å². The number of anilines is 1. The molecule has 2 aromatic carbocycles. The number of amides is 2. The number of benzene rings is 2. The third kappa shape index (κ3) is 18.0. The Morgan fingerprint density at radius 3 is 1.71 bits per heavy atom. The van der Waals surface area contributed by atoms with Crippen molar-refractivity contribution in [3.05, 3.63) is 95.8 Å². The first-order valence-electron chi connectivity index (χ1n) is 24.3. The minimum absolute atomic E-state index is 0.00354. The predicted octanol–water partition coefficient (Wildman–Crippen LogP) is 3.91. The molecule has 0 bridgehead atoms. The van der Waals surface area contributed by atoms with Crippen LogP contribution in [-0.2, 0) is 94.2 Å². The van der Waals surface area contributed by atoms with E-state index in [9.17, 15) is 66.3 Å². The number of imide groups is 1. The Labute approximate surface area is 448 Å². The van der Waals surface area contributed by atoms with E-state index in [-0.39, 0.29) is 121 Å². The van der Waals surface area contributed by atoms with Crippen LogP contribution in [0.2, 0.25) is 0 Å². The average molecular weight is 1160 g/mol. The van der Waals surface area contributed by atoms with E-state index in [1.54, 1.807) is 55.5 Å². The third-order valence-electron chi connectivity index (χ3n) is 12.9. The Kier molecular flexibility index (Phi) is 22.6. The second-order valence-corrected chi connectivity index (χ2v) is 24.3. The number of nitrogens with zero attached hydrogens (tertiary/aromatic N) is 3. The van der Waals surface area contributed by atoms with Crippen molar-refractivity contribution in [2.24, 2.45) is 0 Å². The maximum absolute atomic E-state index is 12.4. The lowest BCUT2D eigenvalue weighted by atomic mass is 9.76. The summed E-state index contributed by atoms with van der Waals surface area (Å²) >= 11 is 0. The Hall–Kier alpha value is -5.08. The van der Waals surface area contributed by atoms with Crippen molar-refractivity contribution >= 4 is 75.3 Å². The molecule has 5 rings (SSSR count). The van der Waals surface area contributed by atoms with E-state index >= 15 is 0 Å². The molecule has 2 unspecified atom stereocenters. The van der Waals surface area contributed by atoms with E-state index in [1.807, 2.05) is 16.4 Å². The maximum Gasteiger partial charge on any atom is 0.335 e. The SMILES string of the molecule is COCCN1C(=CC=CC=CC=CC2=[N+](CCOCCOCCOCCOCCC(=O)ON3C(=O)CCC3=O)c3ccc(S(=O)(=O)O)cc3C2(C)CCCS(=O)(=O)O)C(C)(CCCS(=O)(=O)O)c2cc(S(=O)(=O)O)ccc21. The van der Waals surface area contributed by atoms with Gasteiger partial charge in [-0.3, -0.25) is 27.8 Å². The summed E-state index contributed by atoms with van der Waals surface area (Å²) < 4.78 is 165. The fourth-order valence-corrected chi connectivity index (χ4v) is 11.2. The lowest BCUT2D eigenvalue weighted by Gasteiger charge is -2.30. The molecule has 77 heavy (non-hydrogen) atoms. The molecule has 2 atom stereocenters. The van der Waals surface area contributed by atoms with Gasteiger partial charge in [-0.1, -0.05) is 30.4 Å². The molecule has 0 aromatic heterocycles. The number of hydroxylamine groups is 2. The zero-order chi connectivity index (χ0) is 56.7. The van der Waals surface area contributed by atoms with Gasteiger partial charge < -0.3 is 33.4 Å². The second kappa shape index (κ2) is 27.7. The van der Waals surface area contributed by atoms with Gasteiger partial charge in [0, 0.05) is 61.0 Å². The Bertz CT molecular complexity index is 3070. The monoisotopic (exact) mass is 1160 g/mol. The highest BCUT2D eigenvalue weighted by Crippen LogP contribution is 2.51. The Morgan fingerprint density at radius 1 is 0.649 bits per heavy atom. The van der Waals surface area contributed by atoms with Crippen LogP contribution in [0.4, 0.5) is 11.4 Å². The summed E-state index contributed by atoms with van der Waals surface area (Å²) in [5.41, 5.74) is 1.39. The quantitative estimate of drug-likeness (QED) is 0.0259. The lowest BCUT2D eigenvalue weighted by Crippen LogP contribution is -2.32. The number of allylic oxidation sites excluding steroid dienone is 8. The van der Waals surface area contributed by atoms with Gasteiger partial charge in [0.1, 0.15) is 6.61 Å². The summed E-state index contributed by atoms with van der Waals surface area (Å²) in [7, 11) is -16.4. The molecule has 0 spiro atoms. The van der Waals surface area contributed by atoms with Crippen LogP contribution in [0.15, 0.2) is 94.4 Å². The van der Waals surface area contributed by atoms with E-state index in [2.05, 4.69) is 0 Å². The molecule has 1 saturated heterocycles. The van der Waals surface area contributed by atoms with Crippen LogP contribution in [0.1, 0.15) is 69.9 Å². The first kappa shape index (κ1) is 62.8. The number of rotatable bonds is 33. The molecular formula is C49H66N3O21S4+. The Morgan fingerprint density at radius 2 is 1.16 bits per heavy atom. The van der Waals surface area contributed by atoms with E-state index in [1.165, 1.54) is 37.4 Å². The topological polar surface area (TPSA) is 334 Å². The molecule has 0 aliphatic carbocycles. The molecule has 24 nitrogen and oxygen atoms in total. The van der Waals surface area contributed by atoms with Crippen molar-refractivity contribution in [3.63, 3.8) is 0 Å². The Balaban J connectivity index is 1.27. The highest BCUT2D eigenvalue weighted by molar-refractivity contribution is 7.86. The van der Waals surface area contributed by atoms with Gasteiger partial charge in [-0.25, -0.2) is 4.79 Å². The molecule has 2 aromatic rings. The van der Waals surface area contributed by atoms with Crippen LogP contribution in [0.5, 0.6) is 0 Å². The van der Waals surface area contributed by atoms with Gasteiger partial charge in [0.15, 0.2) is 12.3 Å². The number of hydrogen-bond donors (Lipinski definition) is 4. The number of methoxy groups -OCH3 is 1. The molecule has 426 valence electrons. The van der Waals surface area contributed by atoms with Crippen LogP contribution >= 0.6 is 0 Å². The summed E-state index contributed by atoms with van der Waals surface area (Å²) in [6.07, 6.45) is 12.2. The number of hydrogen-bond acceptors (Lipinski definition) is 18. The summed E-state index contributed by atoms with van der Waals surface area (Å²) in [6, 6.07) is 8.29. The molecular weight excluding hydrogens is 1090 g/mol. The summed E-state index contributed by atoms with van der Waals surface area (Å²) in [5, 5.41) is 0.472. The number of carbonyl (C=O) groups excluding carboxylic acids is 3. The van der Waals surface area contributed by atoms with Gasteiger partial charge in [0.25, 0.3) is 52.3 Å². The molecule has 2 amide bonds. The van der Waals surface area contributed by atoms with Crippen molar-refractivity contribution in [1.29, 1.82) is 0 Å². The third-order valence-corrected chi connectivity index (χ3v) is 16.2. The fraction of sp³-hybridized carbons (Fsp3) is 0.510. The van der Waals surface area contributed by atoms with E-state index in [0.29, 0.717) is 45.5 Å². The van der Waals surface area contributed by atoms with E-state index in [4.69, 9.17) is 28.5 Å². The largest absolute Gasteiger partial charge is 0.383 e. The van der Waals surface area contributed by atoms with Gasteiger partial charge in [0.05, 0.1) is 86.0 Å². The average Bonchev–Trinajstić information content (AvgIpc) is 3.87. The maximum atomic E-state index is 12.4. The van der Waals surface area contributed by atoms with Gasteiger partial charge in [-0.05, 0) is 81.5 Å². The second-order valence-electron chi connectivity index (χ2n) is 18.4. The first-order valence-corrected chi connectivity index (χ1v) is 30.4. The molecule has 0 radical (unpaired) electrons. The highest BCUT2D eigenvalue weighted by Gasteiger charge is 2.48. The highest BCUT2D eigenvalue weighted by atomic mass is 32.2. The molecule has 3 aliphatic heterocycles. The molecule has 28 heteroatoms. The zero-order valence-electron chi connectivity index (χ0n) is 42.9. The molecule has 3 heterocycles. The minimum Gasteiger partial charge on any atom is -0.383 e. The molecule has 1 fully saturated rings. The van der Waals surface area contributed by atoms with Crippen molar-refractivity contribution in [2.75, 3.05) is 96.1 Å². The van der Waals surface area contributed by atoms with Crippen molar-refractivity contribution in [3.8, 4) is 0 Å². The van der Waals surface area contributed by atoms with Crippen molar-refractivity contribution < 1.29 is 99.4 Å². The number of fused-ring (bicyclic) bond motifs is 2. The van der Waals surface area contributed by atoms with Crippen molar-refractivity contribution in [1.82, 2.24) is 5.06 Å². The number of carbonyl (C=O) groups is 3. The van der Waals surface area contributed by atoms with Gasteiger partial charge >= 0.3 is 5.97 Å². The molecule has 0 saturated carbocycles. The van der Waals surface area contributed by atoms with E-state index in [0.717, 1.165) is 0 Å². The van der Waals surface area contributed by atoms with Crippen molar-refractivity contribution in [2.45, 2.75) is 79.4 Å². The lowest BCUT2D eigenvalue weighted by molar-refractivity contribution is -0.442.